The van der Waals surface area contributed by atoms with Gasteiger partial charge in [-0.3, -0.25) is 0 Å². The molecule has 1 saturated carbocycles. The summed E-state index contributed by atoms with van der Waals surface area (Å²) >= 11 is 0. The van der Waals surface area contributed by atoms with E-state index in [0.717, 1.165) is 18.4 Å². The van der Waals surface area contributed by atoms with Gasteiger partial charge in [0.1, 0.15) is 5.82 Å². The summed E-state index contributed by atoms with van der Waals surface area (Å²) in [7, 11) is 0. The third-order valence-electron chi connectivity index (χ3n) is 2.87. The first-order valence-corrected chi connectivity index (χ1v) is 4.90. The van der Waals surface area contributed by atoms with Crippen LogP contribution in [-0.2, 0) is 0 Å². The minimum atomic E-state index is -0.271. The number of anilines is 1. The molecule has 0 spiro atoms. The summed E-state index contributed by atoms with van der Waals surface area (Å²) in [4.78, 5) is 0. The van der Waals surface area contributed by atoms with Gasteiger partial charge in [-0.15, -0.1) is 0 Å². The van der Waals surface area contributed by atoms with E-state index in [-0.39, 0.29) is 11.9 Å². The van der Waals surface area contributed by atoms with Crippen molar-refractivity contribution in [2.45, 2.75) is 25.8 Å². The van der Waals surface area contributed by atoms with E-state index in [9.17, 15) is 4.39 Å². The van der Waals surface area contributed by atoms with E-state index in [0.29, 0.717) is 17.2 Å². The number of aryl methyl sites for hydroxylation is 1. The molecule has 0 amide bonds. The first-order chi connectivity index (χ1) is 6.59. The Kier molecular flexibility index (Phi) is 2.19. The number of hydrogen-bond donors (Lipinski definition) is 2. The van der Waals surface area contributed by atoms with Crippen LogP contribution in [0.5, 0.6) is 0 Å². The van der Waals surface area contributed by atoms with Gasteiger partial charge in [0.05, 0.1) is 0 Å². The second-order valence-electron chi connectivity index (χ2n) is 4.09. The number of rotatable bonds is 2. The largest absolute Gasteiger partial charge is 0.398 e. The Labute approximate surface area is 83.1 Å². The molecule has 1 fully saturated rings. The summed E-state index contributed by atoms with van der Waals surface area (Å²) in [6, 6.07) is 2.98. The molecule has 14 heavy (non-hydrogen) atoms. The summed E-state index contributed by atoms with van der Waals surface area (Å²) in [6.07, 6.45) is 2.23. The lowest BCUT2D eigenvalue weighted by molar-refractivity contribution is 0.553. The third-order valence-corrected chi connectivity index (χ3v) is 2.87. The quantitative estimate of drug-likeness (QED) is 0.708. The lowest BCUT2D eigenvalue weighted by Crippen LogP contribution is -2.14. The van der Waals surface area contributed by atoms with E-state index in [1.165, 1.54) is 6.07 Å². The van der Waals surface area contributed by atoms with Crippen molar-refractivity contribution in [2.75, 3.05) is 5.73 Å². The number of nitrogen functional groups attached to an aromatic ring is 1. The number of hydrogen-bond acceptors (Lipinski definition) is 2. The average Bonchev–Trinajstić information content (AvgIpc) is 2.93. The fourth-order valence-electron chi connectivity index (χ4n) is 1.68. The van der Waals surface area contributed by atoms with Crippen molar-refractivity contribution in [3.05, 3.63) is 29.1 Å². The van der Waals surface area contributed by atoms with Crippen LogP contribution in [0, 0.1) is 18.7 Å². The van der Waals surface area contributed by atoms with Gasteiger partial charge in [-0.2, -0.15) is 0 Å². The SMILES string of the molecule is Cc1cc([C@H](N)C2CC2)c(F)cc1N. The van der Waals surface area contributed by atoms with Gasteiger partial charge in [0.2, 0.25) is 0 Å². The highest BCUT2D eigenvalue weighted by molar-refractivity contribution is 5.49. The highest BCUT2D eigenvalue weighted by atomic mass is 19.1. The van der Waals surface area contributed by atoms with Crippen LogP contribution >= 0.6 is 0 Å². The fourth-order valence-corrected chi connectivity index (χ4v) is 1.68. The topological polar surface area (TPSA) is 52.0 Å². The highest BCUT2D eigenvalue weighted by Crippen LogP contribution is 2.40. The lowest BCUT2D eigenvalue weighted by Gasteiger charge is -2.13. The third kappa shape index (κ3) is 1.60. The second-order valence-corrected chi connectivity index (χ2v) is 4.09. The fraction of sp³-hybridized carbons (Fsp3) is 0.455. The van der Waals surface area contributed by atoms with Gasteiger partial charge in [0, 0.05) is 17.3 Å². The standard InChI is InChI=1S/C11H15FN2/c1-6-4-8(9(12)5-10(6)13)11(14)7-2-3-7/h4-5,7,11H,2-3,13-14H2,1H3/t11-/m1/s1. The molecule has 3 heteroatoms. The molecule has 1 aliphatic carbocycles. The molecule has 0 aliphatic heterocycles. The second kappa shape index (κ2) is 3.24. The summed E-state index contributed by atoms with van der Waals surface area (Å²) in [5, 5.41) is 0. The number of benzene rings is 1. The minimum Gasteiger partial charge on any atom is -0.398 e. The molecule has 0 aromatic heterocycles. The van der Waals surface area contributed by atoms with Crippen LogP contribution in [0.1, 0.15) is 30.0 Å². The normalized spacial score (nSPS) is 18.2. The molecule has 0 bridgehead atoms. The smallest absolute Gasteiger partial charge is 0.130 e. The lowest BCUT2D eigenvalue weighted by atomic mass is 10.00. The van der Waals surface area contributed by atoms with Crippen LogP contribution in [0.3, 0.4) is 0 Å². The predicted molar refractivity (Wildman–Crippen MR) is 55.2 cm³/mol. The van der Waals surface area contributed by atoms with Crippen molar-refractivity contribution in [3.8, 4) is 0 Å². The van der Waals surface area contributed by atoms with E-state index in [2.05, 4.69) is 0 Å². The maximum absolute atomic E-state index is 13.5. The van der Waals surface area contributed by atoms with E-state index in [1.54, 1.807) is 6.07 Å². The Morgan fingerprint density at radius 2 is 2.07 bits per heavy atom. The van der Waals surface area contributed by atoms with Crippen LogP contribution in [-0.4, -0.2) is 0 Å². The molecule has 0 unspecified atom stereocenters. The summed E-state index contributed by atoms with van der Waals surface area (Å²) in [6.45, 7) is 1.87. The Hall–Kier alpha value is -1.09. The van der Waals surface area contributed by atoms with Crippen molar-refractivity contribution >= 4 is 5.69 Å². The van der Waals surface area contributed by atoms with E-state index in [1.807, 2.05) is 6.92 Å². The first-order valence-electron chi connectivity index (χ1n) is 4.90. The van der Waals surface area contributed by atoms with Gasteiger partial charge in [-0.05, 0) is 43.4 Å². The van der Waals surface area contributed by atoms with Gasteiger partial charge in [0.25, 0.3) is 0 Å². The Morgan fingerprint density at radius 3 is 2.64 bits per heavy atom. The van der Waals surface area contributed by atoms with Crippen molar-refractivity contribution in [2.24, 2.45) is 11.7 Å². The molecule has 1 atom stereocenters. The number of halogens is 1. The van der Waals surface area contributed by atoms with Gasteiger partial charge < -0.3 is 11.5 Å². The van der Waals surface area contributed by atoms with Crippen LogP contribution in [0.15, 0.2) is 12.1 Å². The van der Waals surface area contributed by atoms with Crippen LogP contribution < -0.4 is 11.5 Å². The van der Waals surface area contributed by atoms with E-state index >= 15 is 0 Å². The van der Waals surface area contributed by atoms with Crippen molar-refractivity contribution < 1.29 is 4.39 Å². The van der Waals surface area contributed by atoms with E-state index < -0.39 is 0 Å². The molecular weight excluding hydrogens is 179 g/mol. The number of nitrogens with two attached hydrogens (primary N) is 2. The predicted octanol–water partition coefficient (Wildman–Crippen LogP) is 2.13. The van der Waals surface area contributed by atoms with Crippen LogP contribution in [0.2, 0.25) is 0 Å². The zero-order valence-electron chi connectivity index (χ0n) is 8.26. The van der Waals surface area contributed by atoms with Gasteiger partial charge in [-0.25, -0.2) is 4.39 Å². The molecule has 2 nitrogen and oxygen atoms in total. The van der Waals surface area contributed by atoms with Gasteiger partial charge >= 0.3 is 0 Å². The van der Waals surface area contributed by atoms with Crippen molar-refractivity contribution in [1.29, 1.82) is 0 Å². The van der Waals surface area contributed by atoms with Crippen LogP contribution in [0.4, 0.5) is 10.1 Å². The summed E-state index contributed by atoms with van der Waals surface area (Å²) in [5.41, 5.74) is 13.5. The van der Waals surface area contributed by atoms with E-state index in [4.69, 9.17) is 11.5 Å². The molecule has 1 aromatic rings. The molecule has 4 N–H and O–H groups in total. The first kappa shape index (κ1) is 9.46. The maximum Gasteiger partial charge on any atom is 0.130 e. The minimum absolute atomic E-state index is 0.158. The molecule has 1 aromatic carbocycles. The highest BCUT2D eigenvalue weighted by Gasteiger charge is 2.31. The molecular formula is C11H15FN2. The van der Waals surface area contributed by atoms with Gasteiger partial charge in [0.15, 0.2) is 0 Å². The zero-order valence-corrected chi connectivity index (χ0v) is 8.26. The Balaban J connectivity index is 2.36. The molecule has 0 saturated heterocycles. The van der Waals surface area contributed by atoms with Crippen LogP contribution in [0.25, 0.3) is 0 Å². The molecule has 2 rings (SSSR count). The average molecular weight is 194 g/mol. The maximum atomic E-state index is 13.5. The molecule has 1 aliphatic rings. The van der Waals surface area contributed by atoms with Crippen molar-refractivity contribution in [3.63, 3.8) is 0 Å². The molecule has 0 radical (unpaired) electrons. The summed E-state index contributed by atoms with van der Waals surface area (Å²) < 4.78 is 13.5. The summed E-state index contributed by atoms with van der Waals surface area (Å²) in [5.74, 6) is 0.194. The molecule has 0 heterocycles. The Bertz CT molecular complexity index is 359. The monoisotopic (exact) mass is 194 g/mol. The van der Waals surface area contributed by atoms with Crippen molar-refractivity contribution in [1.82, 2.24) is 0 Å². The van der Waals surface area contributed by atoms with Gasteiger partial charge in [-0.1, -0.05) is 0 Å². The Morgan fingerprint density at radius 1 is 1.43 bits per heavy atom. The molecule has 76 valence electrons. The zero-order chi connectivity index (χ0) is 10.3.